The van der Waals surface area contributed by atoms with Crippen LogP contribution in [0.15, 0.2) is 48.5 Å². The number of carbonyl (C=O) groups excluding carboxylic acids is 1. The van der Waals surface area contributed by atoms with E-state index in [1.807, 2.05) is 55.5 Å². The number of anilines is 1. The third kappa shape index (κ3) is 3.51. The van der Waals surface area contributed by atoms with Crippen LogP contribution in [0.5, 0.6) is 5.75 Å². The van der Waals surface area contributed by atoms with Crippen LogP contribution in [-0.4, -0.2) is 36.0 Å². The Hall–Kier alpha value is -2.92. The van der Waals surface area contributed by atoms with Gasteiger partial charge < -0.3 is 15.0 Å². The molecule has 1 aliphatic rings. The fourth-order valence-electron chi connectivity index (χ4n) is 3.58. The zero-order valence-electron chi connectivity index (χ0n) is 15.7. The molecule has 0 fully saturated rings. The van der Waals surface area contributed by atoms with Crippen molar-refractivity contribution >= 4 is 22.5 Å². The first-order valence-corrected chi connectivity index (χ1v) is 9.29. The molecule has 5 nitrogen and oxygen atoms in total. The Balaban J connectivity index is 1.73. The summed E-state index contributed by atoms with van der Waals surface area (Å²) in [6.45, 7) is 4.26. The molecule has 0 spiro atoms. The number of carbonyl (C=O) groups is 1. The number of nitrogens with one attached hydrogen (secondary N) is 1. The number of hydrogen-bond acceptors (Lipinski definition) is 4. The van der Waals surface area contributed by atoms with Gasteiger partial charge in [-0.05, 0) is 44.3 Å². The molecule has 1 amide bonds. The molecule has 0 radical (unpaired) electrons. The monoisotopic (exact) mass is 361 g/mol. The van der Waals surface area contributed by atoms with E-state index >= 15 is 0 Å². The van der Waals surface area contributed by atoms with Crippen molar-refractivity contribution < 1.29 is 9.53 Å². The smallest absolute Gasteiger partial charge is 0.256 e. The maximum Gasteiger partial charge on any atom is 0.256 e. The lowest BCUT2D eigenvalue weighted by Gasteiger charge is -2.27. The van der Waals surface area contributed by atoms with Crippen LogP contribution in [0, 0.1) is 0 Å². The highest BCUT2D eigenvalue weighted by Crippen LogP contribution is 2.28. The Bertz CT molecular complexity index is 983. The summed E-state index contributed by atoms with van der Waals surface area (Å²) in [4.78, 5) is 20.3. The van der Waals surface area contributed by atoms with Crippen LogP contribution in [0.25, 0.3) is 10.9 Å². The fraction of sp³-hybridized carbons (Fsp3) is 0.273. The van der Waals surface area contributed by atoms with E-state index in [1.54, 1.807) is 0 Å². The molecule has 1 N–H and O–H groups in total. The van der Waals surface area contributed by atoms with Gasteiger partial charge in [-0.25, -0.2) is 0 Å². The second kappa shape index (κ2) is 7.37. The van der Waals surface area contributed by atoms with Gasteiger partial charge in [-0.2, -0.15) is 0 Å². The lowest BCUT2D eigenvalue weighted by molar-refractivity contribution is 0.102. The van der Waals surface area contributed by atoms with E-state index in [0.29, 0.717) is 6.61 Å². The van der Waals surface area contributed by atoms with E-state index in [1.165, 1.54) is 0 Å². The van der Waals surface area contributed by atoms with E-state index in [4.69, 9.17) is 9.72 Å². The highest BCUT2D eigenvalue weighted by molar-refractivity contribution is 6.13. The average Bonchev–Trinajstić information content (AvgIpc) is 2.68. The maximum absolute atomic E-state index is 13.2. The van der Waals surface area contributed by atoms with Crippen molar-refractivity contribution in [3.05, 3.63) is 65.4 Å². The van der Waals surface area contributed by atoms with Crippen molar-refractivity contribution in [2.75, 3.05) is 25.5 Å². The Morgan fingerprint density at radius 2 is 1.96 bits per heavy atom. The third-order valence-corrected chi connectivity index (χ3v) is 4.89. The van der Waals surface area contributed by atoms with Crippen molar-refractivity contribution in [1.82, 2.24) is 9.88 Å². The normalized spacial score (nSPS) is 14.0. The van der Waals surface area contributed by atoms with Crippen molar-refractivity contribution in [3.63, 3.8) is 0 Å². The van der Waals surface area contributed by atoms with Crippen LogP contribution in [0.4, 0.5) is 5.69 Å². The number of nitrogens with zero attached hydrogens (tertiary/aromatic N) is 2. The van der Waals surface area contributed by atoms with Crippen molar-refractivity contribution in [1.29, 1.82) is 0 Å². The van der Waals surface area contributed by atoms with Gasteiger partial charge in [-0.1, -0.05) is 18.2 Å². The number of likely N-dealkylation sites (N-methyl/N-ethyl adjacent to an activating group) is 1. The van der Waals surface area contributed by atoms with Crippen LogP contribution in [-0.2, 0) is 13.0 Å². The van der Waals surface area contributed by atoms with Gasteiger partial charge in [0.15, 0.2) is 0 Å². The Morgan fingerprint density at radius 3 is 2.74 bits per heavy atom. The summed E-state index contributed by atoms with van der Waals surface area (Å²) < 4.78 is 5.47. The summed E-state index contributed by atoms with van der Waals surface area (Å²) in [6, 6.07) is 15.3. The molecule has 0 atom stereocenters. The largest absolute Gasteiger partial charge is 0.494 e. The quantitative estimate of drug-likeness (QED) is 0.766. The highest BCUT2D eigenvalue weighted by Gasteiger charge is 2.24. The lowest BCUT2D eigenvalue weighted by Crippen LogP contribution is -2.30. The van der Waals surface area contributed by atoms with E-state index < -0.39 is 0 Å². The average molecular weight is 361 g/mol. The third-order valence-electron chi connectivity index (χ3n) is 4.89. The first-order chi connectivity index (χ1) is 13.2. The molecule has 5 heteroatoms. The Morgan fingerprint density at radius 1 is 1.19 bits per heavy atom. The minimum Gasteiger partial charge on any atom is -0.494 e. The summed E-state index contributed by atoms with van der Waals surface area (Å²) in [6.07, 6.45) is 0.861. The SMILES string of the molecule is CCOc1ccc(NC(=O)c2c3c(nc4ccccc24)CCN(C)C3)cc1. The standard InChI is InChI=1S/C22H23N3O2/c1-3-27-16-10-8-15(9-11-16)23-22(26)21-17-6-4-5-7-19(17)24-20-12-13-25(2)14-18(20)21/h4-11H,3,12-14H2,1-2H3,(H,23,26). The summed E-state index contributed by atoms with van der Waals surface area (Å²) in [7, 11) is 2.08. The van der Waals surface area contributed by atoms with Crippen LogP contribution < -0.4 is 10.1 Å². The van der Waals surface area contributed by atoms with Crippen LogP contribution in [0.1, 0.15) is 28.5 Å². The van der Waals surface area contributed by atoms with Gasteiger partial charge in [0, 0.05) is 41.8 Å². The Labute approximate surface area is 159 Å². The second-order valence-electron chi connectivity index (χ2n) is 6.83. The highest BCUT2D eigenvalue weighted by atomic mass is 16.5. The molecular weight excluding hydrogens is 338 g/mol. The number of para-hydroxylation sites is 1. The minimum absolute atomic E-state index is 0.0932. The number of aromatic nitrogens is 1. The molecule has 0 aliphatic carbocycles. The number of pyridine rings is 1. The molecule has 1 aliphatic heterocycles. The van der Waals surface area contributed by atoms with Crippen LogP contribution >= 0.6 is 0 Å². The molecule has 3 aromatic rings. The first-order valence-electron chi connectivity index (χ1n) is 9.29. The molecule has 0 bridgehead atoms. The van der Waals surface area contributed by atoms with E-state index in [0.717, 1.165) is 58.7 Å². The zero-order valence-corrected chi connectivity index (χ0v) is 15.7. The van der Waals surface area contributed by atoms with Gasteiger partial charge in [-0.3, -0.25) is 9.78 Å². The Kier molecular flexibility index (Phi) is 4.77. The molecule has 2 heterocycles. The van der Waals surface area contributed by atoms with Gasteiger partial charge in [0.25, 0.3) is 5.91 Å². The summed E-state index contributed by atoms with van der Waals surface area (Å²) in [5.74, 6) is 0.702. The lowest BCUT2D eigenvalue weighted by atomic mass is 9.95. The molecular formula is C22H23N3O2. The molecule has 0 saturated heterocycles. The van der Waals surface area contributed by atoms with Crippen LogP contribution in [0.3, 0.4) is 0 Å². The number of ether oxygens (including phenoxy) is 1. The predicted octanol–water partition coefficient (Wildman–Crippen LogP) is 3.87. The fourth-order valence-corrected chi connectivity index (χ4v) is 3.58. The summed E-state index contributed by atoms with van der Waals surface area (Å²) in [5.41, 5.74) is 4.42. The number of fused-ring (bicyclic) bond motifs is 2. The molecule has 0 saturated carbocycles. The van der Waals surface area contributed by atoms with E-state index in [2.05, 4.69) is 17.3 Å². The maximum atomic E-state index is 13.2. The van der Waals surface area contributed by atoms with Gasteiger partial charge in [0.05, 0.1) is 17.7 Å². The van der Waals surface area contributed by atoms with E-state index in [-0.39, 0.29) is 5.91 Å². The van der Waals surface area contributed by atoms with Gasteiger partial charge in [-0.15, -0.1) is 0 Å². The van der Waals surface area contributed by atoms with Crippen molar-refractivity contribution in [3.8, 4) is 5.75 Å². The second-order valence-corrected chi connectivity index (χ2v) is 6.83. The molecule has 1 aromatic heterocycles. The number of hydrogen-bond donors (Lipinski definition) is 1. The topological polar surface area (TPSA) is 54.5 Å². The van der Waals surface area contributed by atoms with Crippen LogP contribution in [0.2, 0.25) is 0 Å². The first kappa shape index (κ1) is 17.5. The summed E-state index contributed by atoms with van der Waals surface area (Å²) >= 11 is 0. The van der Waals surface area contributed by atoms with E-state index in [9.17, 15) is 4.79 Å². The molecule has 2 aromatic carbocycles. The van der Waals surface area contributed by atoms with Gasteiger partial charge in [0.2, 0.25) is 0 Å². The predicted molar refractivity (Wildman–Crippen MR) is 107 cm³/mol. The molecule has 138 valence electrons. The molecule has 4 rings (SSSR count). The van der Waals surface area contributed by atoms with Gasteiger partial charge >= 0.3 is 0 Å². The molecule has 0 unspecified atom stereocenters. The zero-order chi connectivity index (χ0) is 18.8. The van der Waals surface area contributed by atoms with Crippen molar-refractivity contribution in [2.45, 2.75) is 19.9 Å². The van der Waals surface area contributed by atoms with Gasteiger partial charge in [0.1, 0.15) is 5.75 Å². The molecule has 27 heavy (non-hydrogen) atoms. The minimum atomic E-state index is -0.0932. The van der Waals surface area contributed by atoms with Crippen molar-refractivity contribution in [2.24, 2.45) is 0 Å². The number of rotatable bonds is 4. The summed E-state index contributed by atoms with van der Waals surface area (Å²) in [5, 5.41) is 3.94. The number of amides is 1. The number of benzene rings is 2.